The Kier molecular flexibility index (Phi) is 8.33. The van der Waals surface area contributed by atoms with Gasteiger partial charge in [0.1, 0.15) is 5.82 Å². The normalized spacial score (nSPS) is 25.1. The molecule has 2 fully saturated rings. The first kappa shape index (κ1) is 29.3. The maximum Gasteiger partial charge on any atom is 0.416 e. The van der Waals surface area contributed by atoms with E-state index in [0.29, 0.717) is 37.9 Å². The second-order valence-corrected chi connectivity index (χ2v) is 10.5. The molecular weight excluding hydrogens is 529 g/mol. The Morgan fingerprint density at radius 2 is 1.56 bits per heavy atom. The van der Waals surface area contributed by atoms with E-state index in [2.05, 4.69) is 4.90 Å². The van der Waals surface area contributed by atoms with Crippen molar-refractivity contribution >= 4 is 5.91 Å². The van der Waals surface area contributed by atoms with Crippen LogP contribution in [0.25, 0.3) is 0 Å². The Hall–Kier alpha value is -2.66. The van der Waals surface area contributed by atoms with Gasteiger partial charge in [0.05, 0.1) is 23.3 Å². The summed E-state index contributed by atoms with van der Waals surface area (Å²) in [6.07, 6.45) is -9.16. The molecule has 214 valence electrons. The molecule has 1 aliphatic heterocycles. The maximum atomic E-state index is 13.7. The second-order valence-electron chi connectivity index (χ2n) is 10.5. The van der Waals surface area contributed by atoms with E-state index >= 15 is 0 Å². The standard InChI is InChI=1S/C28H31F7N2O2/c1-16(18-12-19(27(30,31)32)14-20(13-18)28(33,34)35)39-24-10-9-23(26(24)17-4-6-21(29)7-5-17)36(2)15-22-8-11-25(38)37(22)3/h4-7,12-14,16,22-24,26H,8-11,15H2,1-3H3/t16-,22+,23-,24+,26-/m1/s1. The Bertz CT molecular complexity index is 1130. The van der Waals surface area contributed by atoms with Gasteiger partial charge in [0.2, 0.25) is 5.91 Å². The molecule has 0 spiro atoms. The Morgan fingerprint density at radius 1 is 0.974 bits per heavy atom. The van der Waals surface area contributed by atoms with Crippen LogP contribution in [0.15, 0.2) is 42.5 Å². The van der Waals surface area contributed by atoms with E-state index in [1.54, 1.807) is 24.1 Å². The van der Waals surface area contributed by atoms with Crippen LogP contribution in [0, 0.1) is 5.82 Å². The van der Waals surface area contributed by atoms with Gasteiger partial charge in [-0.1, -0.05) is 12.1 Å². The van der Waals surface area contributed by atoms with Crippen molar-refractivity contribution in [1.29, 1.82) is 0 Å². The monoisotopic (exact) mass is 560 g/mol. The van der Waals surface area contributed by atoms with Gasteiger partial charge in [0, 0.05) is 38.0 Å². The average Bonchev–Trinajstić information content (AvgIpc) is 3.41. The fraction of sp³-hybridized carbons (Fsp3) is 0.536. The summed E-state index contributed by atoms with van der Waals surface area (Å²) in [5, 5.41) is 0. The smallest absolute Gasteiger partial charge is 0.370 e. The van der Waals surface area contributed by atoms with Gasteiger partial charge in [0.15, 0.2) is 0 Å². The molecule has 1 saturated heterocycles. The molecule has 1 saturated carbocycles. The number of rotatable bonds is 7. The largest absolute Gasteiger partial charge is 0.416 e. The third kappa shape index (κ3) is 6.57. The third-order valence-electron chi connectivity index (χ3n) is 7.97. The zero-order valence-electron chi connectivity index (χ0n) is 21.8. The van der Waals surface area contributed by atoms with Crippen LogP contribution in [0.1, 0.15) is 66.9 Å². The molecule has 2 aromatic rings. The SMILES string of the molecule is C[C@@H](O[C@H]1CC[C@@H](N(C)C[C@@H]2CCC(=O)N2C)[C@H]1c1ccc(F)cc1)c1cc(C(F)(F)F)cc(C(F)(F)F)c1. The summed E-state index contributed by atoms with van der Waals surface area (Å²) in [5.41, 5.74) is -2.24. The molecule has 0 N–H and O–H groups in total. The highest BCUT2D eigenvalue weighted by Gasteiger charge is 2.43. The Balaban J connectivity index is 1.61. The quantitative estimate of drug-likeness (QED) is 0.349. The first-order valence-corrected chi connectivity index (χ1v) is 12.8. The molecule has 1 aliphatic carbocycles. The van der Waals surface area contributed by atoms with E-state index in [9.17, 15) is 35.5 Å². The number of alkyl halides is 6. The number of likely N-dealkylation sites (tertiary alicyclic amines) is 1. The number of nitrogens with zero attached hydrogens (tertiary/aromatic N) is 2. The summed E-state index contributed by atoms with van der Waals surface area (Å²) in [6, 6.07) is 7.31. The molecule has 11 heteroatoms. The Morgan fingerprint density at radius 3 is 2.08 bits per heavy atom. The van der Waals surface area contributed by atoms with Gasteiger partial charge in [0.25, 0.3) is 0 Å². The van der Waals surface area contributed by atoms with Crippen molar-refractivity contribution in [3.63, 3.8) is 0 Å². The van der Waals surface area contributed by atoms with Crippen LogP contribution in [0.2, 0.25) is 0 Å². The number of amides is 1. The lowest BCUT2D eigenvalue weighted by Crippen LogP contribution is -2.44. The van der Waals surface area contributed by atoms with Gasteiger partial charge < -0.3 is 14.5 Å². The van der Waals surface area contributed by atoms with Crippen molar-refractivity contribution in [3.8, 4) is 0 Å². The van der Waals surface area contributed by atoms with E-state index in [0.717, 1.165) is 12.0 Å². The van der Waals surface area contributed by atoms with Crippen molar-refractivity contribution < 1.29 is 40.3 Å². The first-order valence-electron chi connectivity index (χ1n) is 12.8. The zero-order valence-corrected chi connectivity index (χ0v) is 21.8. The molecule has 4 nitrogen and oxygen atoms in total. The number of benzene rings is 2. The molecule has 2 aliphatic rings. The lowest BCUT2D eigenvalue weighted by molar-refractivity contribution is -0.143. The van der Waals surface area contributed by atoms with E-state index in [1.165, 1.54) is 19.1 Å². The molecule has 0 aromatic heterocycles. The molecular formula is C28H31F7N2O2. The Labute approximate surface area is 222 Å². The topological polar surface area (TPSA) is 32.8 Å². The van der Waals surface area contributed by atoms with Crippen LogP contribution in [-0.2, 0) is 21.9 Å². The predicted molar refractivity (Wildman–Crippen MR) is 130 cm³/mol. The molecule has 4 rings (SSSR count). The maximum absolute atomic E-state index is 13.7. The summed E-state index contributed by atoms with van der Waals surface area (Å²) < 4.78 is 100. The third-order valence-corrected chi connectivity index (χ3v) is 7.97. The molecule has 0 bridgehead atoms. The van der Waals surface area contributed by atoms with Gasteiger partial charge in [-0.15, -0.1) is 0 Å². The van der Waals surface area contributed by atoms with Gasteiger partial charge >= 0.3 is 12.4 Å². The summed E-state index contributed by atoms with van der Waals surface area (Å²) >= 11 is 0. The minimum atomic E-state index is -4.96. The predicted octanol–water partition coefficient (Wildman–Crippen LogP) is 6.81. The molecule has 39 heavy (non-hydrogen) atoms. The van der Waals surface area contributed by atoms with Crippen molar-refractivity contribution in [2.45, 2.75) is 75.2 Å². The van der Waals surface area contributed by atoms with Crippen molar-refractivity contribution in [3.05, 3.63) is 70.5 Å². The number of halogens is 7. The number of carbonyl (C=O) groups excluding carboxylic acids is 1. The zero-order chi connectivity index (χ0) is 28.7. The fourth-order valence-electron chi connectivity index (χ4n) is 5.81. The highest BCUT2D eigenvalue weighted by atomic mass is 19.4. The van der Waals surface area contributed by atoms with Crippen LogP contribution < -0.4 is 0 Å². The van der Waals surface area contributed by atoms with Gasteiger partial charge in [-0.25, -0.2) is 4.39 Å². The van der Waals surface area contributed by atoms with Crippen molar-refractivity contribution in [2.24, 2.45) is 0 Å². The van der Waals surface area contributed by atoms with Crippen LogP contribution in [-0.4, -0.2) is 54.5 Å². The first-order chi connectivity index (χ1) is 18.1. The van der Waals surface area contributed by atoms with Crippen LogP contribution >= 0.6 is 0 Å². The molecule has 0 radical (unpaired) electrons. The number of hydrogen-bond acceptors (Lipinski definition) is 3. The van der Waals surface area contributed by atoms with Crippen LogP contribution in [0.5, 0.6) is 0 Å². The molecule has 0 unspecified atom stereocenters. The lowest BCUT2D eigenvalue weighted by Gasteiger charge is -2.35. The van der Waals surface area contributed by atoms with Gasteiger partial charge in [-0.2, -0.15) is 26.3 Å². The summed E-state index contributed by atoms with van der Waals surface area (Å²) in [4.78, 5) is 15.8. The van der Waals surface area contributed by atoms with Gasteiger partial charge in [-0.3, -0.25) is 4.79 Å². The molecule has 1 heterocycles. The summed E-state index contributed by atoms with van der Waals surface area (Å²) in [5.74, 6) is -0.667. The second kappa shape index (κ2) is 11.1. The minimum Gasteiger partial charge on any atom is -0.370 e. The molecule has 5 atom stereocenters. The van der Waals surface area contributed by atoms with Crippen molar-refractivity contribution in [2.75, 3.05) is 20.6 Å². The van der Waals surface area contributed by atoms with E-state index in [4.69, 9.17) is 4.74 Å². The highest BCUT2D eigenvalue weighted by Crippen LogP contribution is 2.43. The minimum absolute atomic E-state index is 0.0288. The fourth-order valence-corrected chi connectivity index (χ4v) is 5.81. The number of hydrogen-bond donors (Lipinski definition) is 0. The average molecular weight is 561 g/mol. The summed E-state index contributed by atoms with van der Waals surface area (Å²) in [7, 11) is 3.68. The lowest BCUT2D eigenvalue weighted by atomic mass is 9.91. The molecule has 2 aromatic carbocycles. The molecule has 1 amide bonds. The van der Waals surface area contributed by atoms with E-state index < -0.39 is 41.5 Å². The highest BCUT2D eigenvalue weighted by molar-refractivity contribution is 5.78. The summed E-state index contributed by atoms with van der Waals surface area (Å²) in [6.45, 7) is 2.03. The van der Waals surface area contributed by atoms with E-state index in [-0.39, 0.29) is 35.5 Å². The van der Waals surface area contributed by atoms with Gasteiger partial charge in [-0.05, 0) is 74.7 Å². The van der Waals surface area contributed by atoms with Crippen molar-refractivity contribution in [1.82, 2.24) is 9.80 Å². The number of carbonyl (C=O) groups is 1. The van der Waals surface area contributed by atoms with Crippen LogP contribution in [0.4, 0.5) is 30.7 Å². The van der Waals surface area contributed by atoms with Crippen LogP contribution in [0.3, 0.4) is 0 Å². The van der Waals surface area contributed by atoms with E-state index in [1.807, 2.05) is 7.05 Å². The number of likely N-dealkylation sites (N-methyl/N-ethyl adjacent to an activating group) is 2. The number of ether oxygens (including phenoxy) is 1.